The predicted octanol–water partition coefficient (Wildman–Crippen LogP) is 2.90. The van der Waals surface area contributed by atoms with E-state index in [1.54, 1.807) is 0 Å². The maximum Gasteiger partial charge on any atom is 0.316 e. The molecule has 0 saturated heterocycles. The second-order valence-electron chi connectivity index (χ2n) is 5.59. The maximum atomic E-state index is 12.6. The highest BCUT2D eigenvalue weighted by Gasteiger charge is 2.30. The zero-order valence-corrected chi connectivity index (χ0v) is 19.3. The summed E-state index contributed by atoms with van der Waals surface area (Å²) in [4.78, 5) is 23.8. The number of anilines is 2. The van der Waals surface area contributed by atoms with Crippen LogP contribution in [0.2, 0.25) is 10.0 Å². The molecule has 0 radical (unpaired) electrons. The quantitative estimate of drug-likeness (QED) is 0.335. The van der Waals surface area contributed by atoms with Crippen LogP contribution in [0, 0.1) is 0 Å². The number of amides is 1. The number of aromatic nitrogens is 2. The second kappa shape index (κ2) is 9.94. The Kier molecular flexibility index (Phi) is 8.11. The number of benzene rings is 1. The molecule has 14 heteroatoms. The summed E-state index contributed by atoms with van der Waals surface area (Å²) in [6.45, 7) is 1.42. The van der Waals surface area contributed by atoms with Crippen molar-refractivity contribution >= 4 is 79.0 Å². The number of ether oxygens (including phenoxy) is 1. The summed E-state index contributed by atoms with van der Waals surface area (Å²) < 4.78 is 30.5. The van der Waals surface area contributed by atoms with E-state index in [0.717, 1.165) is 33.7 Å². The third-order valence-electron chi connectivity index (χ3n) is 3.37. The third-order valence-corrected chi connectivity index (χ3v) is 6.99. The average molecular weight is 499 g/mol. The number of esters is 1. The van der Waals surface area contributed by atoms with Crippen molar-refractivity contribution in [3.8, 4) is 0 Å². The molecular weight excluding hydrogens is 483 g/mol. The van der Waals surface area contributed by atoms with E-state index < -0.39 is 27.9 Å². The molecule has 1 aromatic heterocycles. The van der Waals surface area contributed by atoms with Gasteiger partial charge in [0.15, 0.2) is 4.34 Å². The maximum absolute atomic E-state index is 12.6. The van der Waals surface area contributed by atoms with Crippen LogP contribution in [0.25, 0.3) is 0 Å². The number of carbonyl (C=O) groups is 2. The number of hydrogen-bond donors (Lipinski definition) is 1. The largest absolute Gasteiger partial charge is 0.468 e. The zero-order chi connectivity index (χ0) is 21.8. The van der Waals surface area contributed by atoms with Crippen molar-refractivity contribution in [2.45, 2.75) is 17.3 Å². The Morgan fingerprint density at radius 2 is 1.90 bits per heavy atom. The first-order valence-electron chi connectivity index (χ1n) is 7.80. The first kappa shape index (κ1) is 23.7. The van der Waals surface area contributed by atoms with Gasteiger partial charge in [-0.3, -0.25) is 19.2 Å². The van der Waals surface area contributed by atoms with Crippen LogP contribution in [0.1, 0.15) is 6.92 Å². The number of halogens is 2. The molecule has 158 valence electrons. The molecule has 0 saturated carbocycles. The van der Waals surface area contributed by atoms with Crippen molar-refractivity contribution in [2.75, 3.05) is 28.7 Å². The number of carbonyl (C=O) groups excluding carboxylic acids is 2. The fourth-order valence-corrected chi connectivity index (χ4v) is 5.44. The van der Waals surface area contributed by atoms with Crippen molar-refractivity contribution in [2.24, 2.45) is 0 Å². The van der Waals surface area contributed by atoms with Crippen LogP contribution in [0.15, 0.2) is 22.5 Å². The molecule has 0 fully saturated rings. The lowest BCUT2D eigenvalue weighted by atomic mass is 10.2. The fourth-order valence-electron chi connectivity index (χ4n) is 2.18. The van der Waals surface area contributed by atoms with Crippen molar-refractivity contribution in [1.29, 1.82) is 0 Å². The molecule has 1 amide bonds. The van der Waals surface area contributed by atoms with Crippen molar-refractivity contribution < 1.29 is 22.7 Å². The number of rotatable bonds is 8. The van der Waals surface area contributed by atoms with Crippen molar-refractivity contribution in [1.82, 2.24) is 10.2 Å². The summed E-state index contributed by atoms with van der Waals surface area (Å²) in [7, 11) is -2.56. The van der Waals surface area contributed by atoms with Crippen LogP contribution in [0.3, 0.4) is 0 Å². The number of hydrogen-bond acceptors (Lipinski definition) is 9. The molecule has 0 aliphatic heterocycles. The zero-order valence-electron chi connectivity index (χ0n) is 15.4. The van der Waals surface area contributed by atoms with Gasteiger partial charge in [0.2, 0.25) is 21.1 Å². The standard InChI is InChI=1S/C15H16Cl2N4O5S3/c1-8(21(29(3,24)25)11-5-9(16)4-10(17)6-11)13(23)18-14-19-20-15(28-14)27-7-12(22)26-2/h4-6,8H,7H2,1-3H3,(H,18,19,23)/t8-/m1/s1. The van der Waals surface area contributed by atoms with Gasteiger partial charge in [-0.05, 0) is 25.1 Å². The summed E-state index contributed by atoms with van der Waals surface area (Å²) in [5, 5.41) is 10.8. The summed E-state index contributed by atoms with van der Waals surface area (Å²) >= 11 is 14.1. The van der Waals surface area contributed by atoms with Gasteiger partial charge in [0, 0.05) is 10.0 Å². The molecule has 29 heavy (non-hydrogen) atoms. The lowest BCUT2D eigenvalue weighted by Gasteiger charge is -2.28. The Morgan fingerprint density at radius 3 is 2.45 bits per heavy atom. The summed E-state index contributed by atoms with van der Waals surface area (Å²) in [6.07, 6.45) is 0.970. The molecular formula is C15H16Cl2N4O5S3. The topological polar surface area (TPSA) is 119 Å². The van der Waals surface area contributed by atoms with E-state index in [0.29, 0.717) is 4.34 Å². The molecule has 0 bridgehead atoms. The van der Waals surface area contributed by atoms with E-state index in [1.807, 2.05) is 0 Å². The number of sulfonamides is 1. The van der Waals surface area contributed by atoms with Crippen LogP contribution >= 0.6 is 46.3 Å². The molecule has 1 N–H and O–H groups in total. The molecule has 1 aromatic carbocycles. The first-order chi connectivity index (χ1) is 13.5. The molecule has 0 aliphatic rings. The van der Waals surface area contributed by atoms with Crippen molar-refractivity contribution in [3.63, 3.8) is 0 Å². The van der Waals surface area contributed by atoms with E-state index in [-0.39, 0.29) is 26.6 Å². The molecule has 0 unspecified atom stereocenters. The normalized spacial score (nSPS) is 12.3. The van der Waals surface area contributed by atoms with Crippen LogP contribution in [0.4, 0.5) is 10.8 Å². The minimum Gasteiger partial charge on any atom is -0.468 e. The third kappa shape index (κ3) is 6.71. The summed E-state index contributed by atoms with van der Waals surface area (Å²) in [6, 6.07) is 3.11. The monoisotopic (exact) mass is 498 g/mol. The molecule has 0 aliphatic carbocycles. The SMILES string of the molecule is COC(=O)CSc1nnc(NC(=O)[C@@H](C)N(c2cc(Cl)cc(Cl)c2)S(C)(=O)=O)s1. The highest BCUT2D eigenvalue weighted by molar-refractivity contribution is 8.01. The molecule has 0 spiro atoms. The van der Waals surface area contributed by atoms with Gasteiger partial charge in [-0.1, -0.05) is 46.3 Å². The van der Waals surface area contributed by atoms with E-state index in [9.17, 15) is 18.0 Å². The Bertz CT molecular complexity index is 995. The second-order valence-corrected chi connectivity index (χ2v) is 10.5. The van der Waals surface area contributed by atoms with Crippen molar-refractivity contribution in [3.05, 3.63) is 28.2 Å². The first-order valence-corrected chi connectivity index (χ1v) is 12.2. The average Bonchev–Trinajstić information content (AvgIpc) is 3.05. The van der Waals surface area contributed by atoms with Gasteiger partial charge < -0.3 is 4.74 Å². The minimum atomic E-state index is -3.84. The molecule has 1 heterocycles. The summed E-state index contributed by atoms with van der Waals surface area (Å²) in [5.41, 5.74) is 0.152. The van der Waals surface area contributed by atoms with Crippen LogP contribution in [0.5, 0.6) is 0 Å². The summed E-state index contributed by atoms with van der Waals surface area (Å²) in [5.74, 6) is -1.01. The van der Waals surface area contributed by atoms with Gasteiger partial charge in [0.1, 0.15) is 6.04 Å². The smallest absolute Gasteiger partial charge is 0.316 e. The Hall–Kier alpha value is -1.60. The van der Waals surface area contributed by atoms with Gasteiger partial charge in [0.05, 0.1) is 24.8 Å². The van der Waals surface area contributed by atoms with Gasteiger partial charge in [-0.2, -0.15) is 0 Å². The lowest BCUT2D eigenvalue weighted by molar-refractivity contribution is -0.137. The van der Waals surface area contributed by atoms with E-state index in [1.165, 1.54) is 32.2 Å². The van der Waals surface area contributed by atoms with Gasteiger partial charge in [-0.25, -0.2) is 8.42 Å². The fraction of sp³-hybridized carbons (Fsp3) is 0.333. The molecule has 9 nitrogen and oxygen atoms in total. The van der Waals surface area contributed by atoms with Crippen LogP contribution in [-0.2, 0) is 24.3 Å². The number of nitrogens with one attached hydrogen (secondary N) is 1. The number of thioether (sulfide) groups is 1. The highest BCUT2D eigenvalue weighted by Crippen LogP contribution is 2.30. The Labute approximate surface area is 185 Å². The predicted molar refractivity (Wildman–Crippen MR) is 115 cm³/mol. The number of nitrogens with zero attached hydrogens (tertiary/aromatic N) is 3. The van der Waals surface area contributed by atoms with Crippen LogP contribution < -0.4 is 9.62 Å². The lowest BCUT2D eigenvalue weighted by Crippen LogP contribution is -2.45. The Balaban J connectivity index is 2.18. The van der Waals surface area contributed by atoms with Crippen LogP contribution in [-0.4, -0.2) is 55.7 Å². The van der Waals surface area contributed by atoms with Gasteiger partial charge in [0.25, 0.3) is 0 Å². The molecule has 2 aromatic rings. The Morgan fingerprint density at radius 1 is 1.28 bits per heavy atom. The minimum absolute atomic E-state index is 0.0485. The van der Waals surface area contributed by atoms with Gasteiger partial charge in [-0.15, -0.1) is 10.2 Å². The van der Waals surface area contributed by atoms with E-state index in [2.05, 4.69) is 20.3 Å². The van der Waals surface area contributed by atoms with E-state index in [4.69, 9.17) is 23.2 Å². The molecule has 1 atom stereocenters. The highest BCUT2D eigenvalue weighted by atomic mass is 35.5. The molecule has 2 rings (SSSR count). The van der Waals surface area contributed by atoms with E-state index >= 15 is 0 Å². The van der Waals surface area contributed by atoms with Gasteiger partial charge >= 0.3 is 5.97 Å². The number of methoxy groups -OCH3 is 1.